The molecule has 0 bridgehead atoms. The first-order chi connectivity index (χ1) is 6.07. The Kier molecular flexibility index (Phi) is 2.46. The van der Waals surface area contributed by atoms with E-state index >= 15 is 0 Å². The second-order valence-electron chi connectivity index (χ2n) is 2.48. The van der Waals surface area contributed by atoms with E-state index in [9.17, 15) is 14.0 Å². The molecule has 1 heterocycles. The minimum absolute atomic E-state index is 0.0590. The molecular weight excluding hydrogens is 177 g/mol. The van der Waals surface area contributed by atoms with E-state index in [0.29, 0.717) is 0 Å². The van der Waals surface area contributed by atoms with Crippen LogP contribution in [0.15, 0.2) is 11.0 Å². The zero-order chi connectivity index (χ0) is 10.0. The first kappa shape index (κ1) is 9.44. The van der Waals surface area contributed by atoms with Gasteiger partial charge >= 0.3 is 5.97 Å². The SMILES string of the molecule is CCc1c(C(=O)O)c[nH]c(=O)c1F. The monoisotopic (exact) mass is 185 g/mol. The first-order valence-corrected chi connectivity index (χ1v) is 3.71. The van der Waals surface area contributed by atoms with Gasteiger partial charge in [-0.05, 0) is 6.42 Å². The Morgan fingerprint density at radius 2 is 2.31 bits per heavy atom. The van der Waals surface area contributed by atoms with Gasteiger partial charge in [0.05, 0.1) is 5.56 Å². The van der Waals surface area contributed by atoms with E-state index in [-0.39, 0.29) is 17.5 Å². The maximum Gasteiger partial charge on any atom is 0.337 e. The molecule has 0 radical (unpaired) electrons. The van der Waals surface area contributed by atoms with Crippen LogP contribution in [0.3, 0.4) is 0 Å². The van der Waals surface area contributed by atoms with Crippen LogP contribution in [0.2, 0.25) is 0 Å². The van der Waals surface area contributed by atoms with E-state index in [1.165, 1.54) is 0 Å². The molecule has 0 aromatic carbocycles. The molecule has 0 saturated heterocycles. The van der Waals surface area contributed by atoms with Crippen LogP contribution in [0.4, 0.5) is 4.39 Å². The summed E-state index contributed by atoms with van der Waals surface area (Å²) in [6, 6.07) is 0. The molecule has 0 aliphatic carbocycles. The molecule has 0 amide bonds. The number of carboxylic acid groups (broad SMARTS) is 1. The summed E-state index contributed by atoms with van der Waals surface area (Å²) in [4.78, 5) is 23.3. The number of nitrogens with one attached hydrogen (secondary N) is 1. The largest absolute Gasteiger partial charge is 0.478 e. The van der Waals surface area contributed by atoms with E-state index in [0.717, 1.165) is 6.20 Å². The van der Waals surface area contributed by atoms with Gasteiger partial charge in [-0.3, -0.25) is 4.79 Å². The third-order valence-corrected chi connectivity index (χ3v) is 1.72. The van der Waals surface area contributed by atoms with Crippen molar-refractivity contribution in [1.82, 2.24) is 4.98 Å². The number of hydrogen-bond acceptors (Lipinski definition) is 2. The van der Waals surface area contributed by atoms with Crippen molar-refractivity contribution in [2.45, 2.75) is 13.3 Å². The van der Waals surface area contributed by atoms with Crippen LogP contribution in [0.5, 0.6) is 0 Å². The highest BCUT2D eigenvalue weighted by Gasteiger charge is 2.15. The minimum Gasteiger partial charge on any atom is -0.478 e. The molecule has 0 aliphatic rings. The zero-order valence-corrected chi connectivity index (χ0v) is 6.93. The number of H-pyrrole nitrogens is 1. The summed E-state index contributed by atoms with van der Waals surface area (Å²) >= 11 is 0. The number of aromatic carboxylic acids is 1. The van der Waals surface area contributed by atoms with Crippen LogP contribution >= 0.6 is 0 Å². The van der Waals surface area contributed by atoms with Crippen molar-refractivity contribution in [2.75, 3.05) is 0 Å². The number of carboxylic acids is 1. The second kappa shape index (κ2) is 3.38. The molecule has 5 heteroatoms. The number of hydrogen-bond donors (Lipinski definition) is 2. The van der Waals surface area contributed by atoms with Gasteiger partial charge in [-0.25, -0.2) is 9.18 Å². The van der Waals surface area contributed by atoms with E-state index in [4.69, 9.17) is 5.11 Å². The van der Waals surface area contributed by atoms with E-state index in [1.54, 1.807) is 6.92 Å². The van der Waals surface area contributed by atoms with Gasteiger partial charge in [0, 0.05) is 11.8 Å². The second-order valence-corrected chi connectivity index (χ2v) is 2.48. The Morgan fingerprint density at radius 1 is 1.69 bits per heavy atom. The number of carbonyl (C=O) groups is 1. The van der Waals surface area contributed by atoms with E-state index in [2.05, 4.69) is 0 Å². The lowest BCUT2D eigenvalue weighted by atomic mass is 10.1. The highest BCUT2D eigenvalue weighted by Crippen LogP contribution is 2.09. The highest BCUT2D eigenvalue weighted by molar-refractivity contribution is 5.88. The lowest BCUT2D eigenvalue weighted by Gasteiger charge is -2.02. The normalized spacial score (nSPS) is 10.0. The van der Waals surface area contributed by atoms with Crippen LogP contribution in [0.1, 0.15) is 22.8 Å². The van der Waals surface area contributed by atoms with E-state index < -0.39 is 17.3 Å². The summed E-state index contributed by atoms with van der Waals surface area (Å²) in [5.74, 6) is -2.26. The number of pyridine rings is 1. The molecule has 4 nitrogen and oxygen atoms in total. The molecule has 0 saturated carbocycles. The maximum absolute atomic E-state index is 13.0. The highest BCUT2D eigenvalue weighted by atomic mass is 19.1. The third-order valence-electron chi connectivity index (χ3n) is 1.72. The molecule has 0 aliphatic heterocycles. The summed E-state index contributed by atoms with van der Waals surface area (Å²) in [6.45, 7) is 1.59. The fourth-order valence-electron chi connectivity index (χ4n) is 1.08. The van der Waals surface area contributed by atoms with Crippen LogP contribution in [0.25, 0.3) is 0 Å². The van der Waals surface area contributed by atoms with Gasteiger partial charge in [0.2, 0.25) is 0 Å². The Bertz CT molecular complexity index is 397. The van der Waals surface area contributed by atoms with Crippen molar-refractivity contribution >= 4 is 5.97 Å². The van der Waals surface area contributed by atoms with Crippen molar-refractivity contribution < 1.29 is 14.3 Å². The number of rotatable bonds is 2. The predicted molar refractivity (Wildman–Crippen MR) is 43.4 cm³/mol. The fourth-order valence-corrected chi connectivity index (χ4v) is 1.08. The van der Waals surface area contributed by atoms with Gasteiger partial charge in [-0.1, -0.05) is 6.92 Å². The van der Waals surface area contributed by atoms with Crippen molar-refractivity contribution in [3.8, 4) is 0 Å². The lowest BCUT2D eigenvalue weighted by Crippen LogP contribution is -2.17. The smallest absolute Gasteiger partial charge is 0.337 e. The Labute approximate surface area is 73.0 Å². The Balaban J connectivity index is 3.47. The molecule has 0 unspecified atom stereocenters. The summed E-state index contributed by atoms with van der Waals surface area (Å²) in [7, 11) is 0. The quantitative estimate of drug-likeness (QED) is 0.715. The summed E-state index contributed by atoms with van der Waals surface area (Å²) in [5.41, 5.74) is -1.14. The van der Waals surface area contributed by atoms with Gasteiger partial charge < -0.3 is 10.1 Å². The van der Waals surface area contributed by atoms with Gasteiger partial charge in [0.25, 0.3) is 5.56 Å². The topological polar surface area (TPSA) is 70.2 Å². The molecule has 0 spiro atoms. The average molecular weight is 185 g/mol. The molecule has 1 rings (SSSR count). The van der Waals surface area contributed by atoms with Crippen LogP contribution in [-0.4, -0.2) is 16.1 Å². The predicted octanol–water partition coefficient (Wildman–Crippen LogP) is 0.775. The van der Waals surface area contributed by atoms with Gasteiger partial charge in [0.1, 0.15) is 0 Å². The molecule has 0 atom stereocenters. The molecular formula is C8H8FNO3. The fraction of sp³-hybridized carbons (Fsp3) is 0.250. The van der Waals surface area contributed by atoms with Crippen LogP contribution < -0.4 is 5.56 Å². The Hall–Kier alpha value is -1.65. The molecule has 70 valence electrons. The molecule has 13 heavy (non-hydrogen) atoms. The first-order valence-electron chi connectivity index (χ1n) is 3.71. The van der Waals surface area contributed by atoms with Crippen molar-refractivity contribution in [3.63, 3.8) is 0 Å². The lowest BCUT2D eigenvalue weighted by molar-refractivity contribution is 0.0694. The number of halogens is 1. The molecule has 2 N–H and O–H groups in total. The Morgan fingerprint density at radius 3 is 2.77 bits per heavy atom. The zero-order valence-electron chi connectivity index (χ0n) is 6.93. The van der Waals surface area contributed by atoms with Crippen molar-refractivity contribution in [2.24, 2.45) is 0 Å². The maximum atomic E-state index is 13.0. The summed E-state index contributed by atoms with van der Waals surface area (Å²) in [5, 5.41) is 8.62. The summed E-state index contributed by atoms with van der Waals surface area (Å²) in [6.07, 6.45) is 1.18. The van der Waals surface area contributed by atoms with Gasteiger partial charge in [-0.2, -0.15) is 0 Å². The van der Waals surface area contributed by atoms with Crippen molar-refractivity contribution in [1.29, 1.82) is 0 Å². The number of aromatic nitrogens is 1. The number of aromatic amines is 1. The molecule has 0 fully saturated rings. The van der Waals surface area contributed by atoms with E-state index in [1.807, 2.05) is 4.98 Å². The minimum atomic E-state index is -1.24. The molecule has 1 aromatic heterocycles. The average Bonchev–Trinajstić information content (AvgIpc) is 2.09. The van der Waals surface area contributed by atoms with Gasteiger partial charge in [-0.15, -0.1) is 0 Å². The van der Waals surface area contributed by atoms with Gasteiger partial charge in [0.15, 0.2) is 5.82 Å². The van der Waals surface area contributed by atoms with Crippen LogP contribution in [0, 0.1) is 5.82 Å². The van der Waals surface area contributed by atoms with Crippen LogP contribution in [-0.2, 0) is 6.42 Å². The standard InChI is InChI=1S/C8H8FNO3/c1-2-4-5(8(12)13)3-10-7(11)6(4)9/h3H,2H2,1H3,(H,10,11)(H,12,13). The third kappa shape index (κ3) is 1.58. The summed E-state index contributed by atoms with van der Waals surface area (Å²) < 4.78 is 13.0. The van der Waals surface area contributed by atoms with Crippen molar-refractivity contribution in [3.05, 3.63) is 33.5 Å². The molecule has 1 aromatic rings.